The lowest BCUT2D eigenvalue weighted by Gasteiger charge is -2.16. The SMILES string of the molecule is CC(OC(=O)Nc1c(-c2ccc(-c3ccc(C4(C(=O)O)CC4)cc3)cc2)sc2ccccc12)c1ccccc1Cl. The molecule has 5 nitrogen and oxygen atoms in total. The van der Waals surface area contributed by atoms with Gasteiger partial charge in [0.2, 0.25) is 0 Å². The standard InChI is InChI=1S/C33H26ClNO4S/c1-20(25-6-2-4-8-27(25)34)39-32(38)35-29-26-7-3-5-9-28(26)40-30(29)23-12-10-21(11-13-23)22-14-16-24(17-15-22)33(18-19-33)31(36)37/h2-17,20H,18-19H2,1H3,(H,35,38)(H,36,37). The lowest BCUT2D eigenvalue weighted by molar-refractivity contribution is -0.140. The van der Waals surface area contributed by atoms with Crippen molar-refractivity contribution in [1.82, 2.24) is 0 Å². The van der Waals surface area contributed by atoms with Crippen molar-refractivity contribution in [2.24, 2.45) is 0 Å². The molecule has 0 radical (unpaired) electrons. The number of hydrogen-bond acceptors (Lipinski definition) is 4. The van der Waals surface area contributed by atoms with Crippen molar-refractivity contribution in [2.75, 3.05) is 5.32 Å². The number of carbonyl (C=O) groups excluding carboxylic acids is 1. The lowest BCUT2D eigenvalue weighted by atomic mass is 9.93. The van der Waals surface area contributed by atoms with E-state index < -0.39 is 23.6 Å². The lowest BCUT2D eigenvalue weighted by Crippen LogP contribution is -2.19. The minimum atomic E-state index is -0.750. The molecule has 0 aliphatic heterocycles. The summed E-state index contributed by atoms with van der Waals surface area (Å²) >= 11 is 7.90. The molecule has 4 aromatic carbocycles. The van der Waals surface area contributed by atoms with Crippen LogP contribution in [0.4, 0.5) is 10.5 Å². The summed E-state index contributed by atoms with van der Waals surface area (Å²) in [6.07, 6.45) is 0.310. The number of halogens is 1. The Hall–Kier alpha value is -4.13. The molecule has 1 unspecified atom stereocenters. The monoisotopic (exact) mass is 567 g/mol. The number of carbonyl (C=O) groups is 2. The van der Waals surface area contributed by atoms with Gasteiger partial charge in [0.25, 0.3) is 0 Å². The molecule has 0 saturated heterocycles. The highest BCUT2D eigenvalue weighted by atomic mass is 35.5. The number of aliphatic carboxylic acids is 1. The van der Waals surface area contributed by atoms with Gasteiger partial charge in [-0.05, 0) is 54.2 Å². The average Bonchev–Trinajstić information content (AvgIpc) is 3.71. The molecule has 40 heavy (non-hydrogen) atoms. The van der Waals surface area contributed by atoms with Crippen LogP contribution in [-0.4, -0.2) is 17.2 Å². The number of ether oxygens (including phenoxy) is 1. The van der Waals surface area contributed by atoms with E-state index in [1.165, 1.54) is 0 Å². The Labute approximate surface area is 241 Å². The average molecular weight is 568 g/mol. The van der Waals surface area contributed by atoms with E-state index in [2.05, 4.69) is 5.32 Å². The molecule has 1 amide bonds. The van der Waals surface area contributed by atoms with E-state index in [1.54, 1.807) is 24.3 Å². The van der Waals surface area contributed by atoms with E-state index in [4.69, 9.17) is 16.3 Å². The normalized spacial score (nSPS) is 14.4. The first-order valence-corrected chi connectivity index (χ1v) is 14.2. The molecule has 200 valence electrons. The summed E-state index contributed by atoms with van der Waals surface area (Å²) in [5, 5.41) is 14.1. The minimum Gasteiger partial charge on any atom is -0.481 e. The van der Waals surface area contributed by atoms with E-state index in [0.29, 0.717) is 23.6 Å². The number of thiophene rings is 1. The molecule has 2 N–H and O–H groups in total. The number of nitrogens with one attached hydrogen (secondary N) is 1. The van der Waals surface area contributed by atoms with Gasteiger partial charge in [-0.1, -0.05) is 96.5 Å². The van der Waals surface area contributed by atoms with Gasteiger partial charge in [0.1, 0.15) is 6.10 Å². The van der Waals surface area contributed by atoms with Crippen molar-refractivity contribution in [3.8, 4) is 21.6 Å². The number of rotatable bonds is 7. The van der Waals surface area contributed by atoms with Crippen LogP contribution in [0.5, 0.6) is 0 Å². The van der Waals surface area contributed by atoms with Crippen LogP contribution < -0.4 is 5.32 Å². The number of fused-ring (bicyclic) bond motifs is 1. The molecule has 1 atom stereocenters. The fourth-order valence-electron chi connectivity index (χ4n) is 5.08. The molecule has 5 aromatic rings. The molecule has 1 aliphatic rings. The predicted octanol–water partition coefficient (Wildman–Crippen LogP) is 9.31. The molecular weight excluding hydrogens is 542 g/mol. The zero-order valence-electron chi connectivity index (χ0n) is 21.7. The number of anilines is 1. The first kappa shape index (κ1) is 26.1. The van der Waals surface area contributed by atoms with Crippen molar-refractivity contribution in [2.45, 2.75) is 31.3 Å². The fraction of sp³-hybridized carbons (Fsp3) is 0.152. The molecule has 0 bridgehead atoms. The Morgan fingerprint density at radius 3 is 2.12 bits per heavy atom. The highest BCUT2D eigenvalue weighted by Gasteiger charge is 2.51. The van der Waals surface area contributed by atoms with Crippen LogP contribution in [0.1, 0.15) is 37.0 Å². The van der Waals surface area contributed by atoms with Gasteiger partial charge in [-0.25, -0.2) is 4.79 Å². The Kier molecular flexibility index (Phi) is 6.82. The highest BCUT2D eigenvalue weighted by Crippen LogP contribution is 2.49. The molecule has 1 aliphatic carbocycles. The van der Waals surface area contributed by atoms with Crippen molar-refractivity contribution >= 4 is 50.8 Å². The predicted molar refractivity (Wildman–Crippen MR) is 161 cm³/mol. The van der Waals surface area contributed by atoms with Gasteiger partial charge < -0.3 is 9.84 Å². The van der Waals surface area contributed by atoms with Crippen molar-refractivity contribution < 1.29 is 19.4 Å². The quantitative estimate of drug-likeness (QED) is 0.205. The van der Waals surface area contributed by atoms with E-state index >= 15 is 0 Å². The van der Waals surface area contributed by atoms with Crippen LogP contribution in [0.25, 0.3) is 31.7 Å². The van der Waals surface area contributed by atoms with Crippen LogP contribution in [-0.2, 0) is 14.9 Å². The molecule has 6 rings (SSSR count). The van der Waals surface area contributed by atoms with Crippen LogP contribution in [0.15, 0.2) is 97.1 Å². The van der Waals surface area contributed by atoms with Crippen molar-refractivity contribution in [3.05, 3.63) is 113 Å². The van der Waals surface area contributed by atoms with Gasteiger partial charge in [0, 0.05) is 20.7 Å². The van der Waals surface area contributed by atoms with E-state index in [-0.39, 0.29) is 0 Å². The van der Waals surface area contributed by atoms with Gasteiger partial charge in [-0.2, -0.15) is 0 Å². The third-order valence-electron chi connectivity index (χ3n) is 7.53. The second-order valence-corrected chi connectivity index (χ2v) is 11.5. The Morgan fingerprint density at radius 1 is 0.875 bits per heavy atom. The smallest absolute Gasteiger partial charge is 0.412 e. The first-order chi connectivity index (χ1) is 19.4. The third-order valence-corrected chi connectivity index (χ3v) is 9.09. The number of benzene rings is 4. The highest BCUT2D eigenvalue weighted by molar-refractivity contribution is 7.23. The van der Waals surface area contributed by atoms with Crippen molar-refractivity contribution in [3.63, 3.8) is 0 Å². The van der Waals surface area contributed by atoms with Gasteiger partial charge in [0.15, 0.2) is 0 Å². The van der Waals surface area contributed by atoms with E-state index in [9.17, 15) is 14.7 Å². The number of hydrogen-bond donors (Lipinski definition) is 2. The summed E-state index contributed by atoms with van der Waals surface area (Å²) in [6, 6.07) is 31.2. The van der Waals surface area contributed by atoms with Crippen molar-refractivity contribution in [1.29, 1.82) is 0 Å². The van der Waals surface area contributed by atoms with Crippen LogP contribution in [0.2, 0.25) is 5.02 Å². The summed E-state index contributed by atoms with van der Waals surface area (Å²) in [7, 11) is 0. The largest absolute Gasteiger partial charge is 0.481 e. The zero-order chi connectivity index (χ0) is 27.9. The first-order valence-electron chi connectivity index (χ1n) is 13.0. The van der Waals surface area contributed by atoms with Crippen LogP contribution in [0.3, 0.4) is 0 Å². The topological polar surface area (TPSA) is 75.6 Å². The Balaban J connectivity index is 1.25. The molecule has 1 saturated carbocycles. The van der Waals surface area contributed by atoms with Gasteiger partial charge >= 0.3 is 12.1 Å². The second-order valence-electron chi connectivity index (χ2n) is 10.0. The summed E-state index contributed by atoms with van der Waals surface area (Å²) in [4.78, 5) is 25.6. The fourth-order valence-corrected chi connectivity index (χ4v) is 6.53. The third kappa shape index (κ3) is 4.85. The van der Waals surface area contributed by atoms with Crippen LogP contribution in [0, 0.1) is 0 Å². The van der Waals surface area contributed by atoms with Gasteiger partial charge in [-0.15, -0.1) is 11.3 Å². The summed E-state index contributed by atoms with van der Waals surface area (Å²) in [5.41, 5.74) is 4.61. The maximum Gasteiger partial charge on any atom is 0.412 e. The minimum absolute atomic E-state index is 0.516. The molecular formula is C33H26ClNO4S. The molecule has 7 heteroatoms. The number of carboxylic acids is 1. The summed E-state index contributed by atoms with van der Waals surface area (Å²) < 4.78 is 6.75. The van der Waals surface area contributed by atoms with Crippen LogP contribution >= 0.6 is 22.9 Å². The summed E-state index contributed by atoms with van der Waals surface area (Å²) in [6.45, 7) is 1.80. The Morgan fingerprint density at radius 2 is 1.48 bits per heavy atom. The molecule has 0 spiro atoms. The number of carboxylic acid groups (broad SMARTS) is 1. The van der Waals surface area contributed by atoms with E-state index in [1.807, 2.05) is 91.0 Å². The summed E-state index contributed by atoms with van der Waals surface area (Å²) in [5.74, 6) is -0.750. The van der Waals surface area contributed by atoms with Gasteiger partial charge in [0.05, 0.1) is 16.0 Å². The second kappa shape index (κ2) is 10.5. The van der Waals surface area contributed by atoms with Gasteiger partial charge in [-0.3, -0.25) is 10.1 Å². The molecule has 1 aromatic heterocycles. The van der Waals surface area contributed by atoms with E-state index in [0.717, 1.165) is 42.8 Å². The number of amides is 1. The molecule has 1 fully saturated rings. The zero-order valence-corrected chi connectivity index (χ0v) is 23.3. The molecule has 1 heterocycles. The maximum atomic E-state index is 13.0. The maximum absolute atomic E-state index is 13.0. The Bertz CT molecular complexity index is 1720.